The minimum absolute atomic E-state index is 0.918. The molecule has 0 saturated heterocycles. The minimum atomic E-state index is 0.918. The Morgan fingerprint density at radius 1 is 1.35 bits per heavy atom. The highest BCUT2D eigenvalue weighted by Crippen LogP contribution is 2.30. The van der Waals surface area contributed by atoms with E-state index in [1.165, 1.54) is 44.1 Å². The zero-order valence-electron chi connectivity index (χ0n) is 12.1. The van der Waals surface area contributed by atoms with Crippen molar-refractivity contribution in [2.24, 2.45) is 5.92 Å². The Bertz CT molecular complexity index is 311. The summed E-state index contributed by atoms with van der Waals surface area (Å²) in [7, 11) is 0. The predicted octanol–water partition coefficient (Wildman–Crippen LogP) is 5.82. The zero-order chi connectivity index (χ0) is 12.7. The van der Waals surface area contributed by atoms with Crippen LogP contribution in [0.3, 0.4) is 0 Å². The molecular formula is C17H28. The molecule has 0 aromatic carbocycles. The Morgan fingerprint density at radius 2 is 2.12 bits per heavy atom. The van der Waals surface area contributed by atoms with Gasteiger partial charge in [0.2, 0.25) is 0 Å². The Kier molecular flexibility index (Phi) is 6.32. The molecule has 0 bridgehead atoms. The smallest absolute Gasteiger partial charge is 0.0136 e. The van der Waals surface area contributed by atoms with Crippen LogP contribution in [0.4, 0.5) is 0 Å². The van der Waals surface area contributed by atoms with E-state index in [-0.39, 0.29) is 0 Å². The van der Waals surface area contributed by atoms with Gasteiger partial charge in [0.05, 0.1) is 0 Å². The van der Waals surface area contributed by atoms with Gasteiger partial charge in [-0.05, 0) is 65.2 Å². The molecule has 1 fully saturated rings. The summed E-state index contributed by atoms with van der Waals surface area (Å²) in [5.74, 6) is 0.918. The molecule has 1 aliphatic rings. The number of allylic oxidation sites excluding steroid dienone is 6. The average molecular weight is 232 g/mol. The molecule has 0 heterocycles. The SMILES string of the molecule is CC=C(CC=C1CCC(C)C1)CCC=C(C)C. The third kappa shape index (κ3) is 5.91. The summed E-state index contributed by atoms with van der Waals surface area (Å²) in [6.07, 6.45) is 14.8. The van der Waals surface area contributed by atoms with Crippen LogP contribution in [0.1, 0.15) is 66.2 Å². The molecule has 0 radical (unpaired) electrons. The summed E-state index contributed by atoms with van der Waals surface area (Å²) < 4.78 is 0. The van der Waals surface area contributed by atoms with E-state index in [2.05, 4.69) is 45.9 Å². The highest BCUT2D eigenvalue weighted by atomic mass is 14.2. The van der Waals surface area contributed by atoms with Crippen molar-refractivity contribution in [3.8, 4) is 0 Å². The highest BCUT2D eigenvalue weighted by Gasteiger charge is 2.13. The fourth-order valence-corrected chi connectivity index (χ4v) is 2.45. The average Bonchev–Trinajstić information content (AvgIpc) is 2.69. The van der Waals surface area contributed by atoms with E-state index in [1.807, 2.05) is 0 Å². The van der Waals surface area contributed by atoms with E-state index in [4.69, 9.17) is 0 Å². The highest BCUT2D eigenvalue weighted by molar-refractivity contribution is 5.15. The van der Waals surface area contributed by atoms with E-state index >= 15 is 0 Å². The maximum Gasteiger partial charge on any atom is -0.0136 e. The lowest BCUT2D eigenvalue weighted by atomic mass is 10.0. The second kappa shape index (κ2) is 7.53. The van der Waals surface area contributed by atoms with Gasteiger partial charge in [-0.2, -0.15) is 0 Å². The van der Waals surface area contributed by atoms with Gasteiger partial charge in [-0.3, -0.25) is 0 Å². The quantitative estimate of drug-likeness (QED) is 0.524. The first-order valence-corrected chi connectivity index (χ1v) is 7.07. The van der Waals surface area contributed by atoms with Crippen molar-refractivity contribution in [1.29, 1.82) is 0 Å². The molecule has 1 saturated carbocycles. The zero-order valence-corrected chi connectivity index (χ0v) is 12.1. The molecule has 0 aromatic rings. The molecule has 0 amide bonds. The fraction of sp³-hybridized carbons (Fsp3) is 0.647. The van der Waals surface area contributed by atoms with Crippen molar-refractivity contribution in [3.63, 3.8) is 0 Å². The van der Waals surface area contributed by atoms with Crippen molar-refractivity contribution < 1.29 is 0 Å². The third-order valence-corrected chi connectivity index (χ3v) is 3.65. The van der Waals surface area contributed by atoms with Gasteiger partial charge >= 0.3 is 0 Å². The summed E-state index contributed by atoms with van der Waals surface area (Å²) in [4.78, 5) is 0. The first-order chi connectivity index (χ1) is 8.11. The normalized spacial score (nSPS) is 23.2. The maximum absolute atomic E-state index is 2.49. The molecule has 1 unspecified atom stereocenters. The first kappa shape index (κ1) is 14.3. The van der Waals surface area contributed by atoms with E-state index < -0.39 is 0 Å². The number of hydrogen-bond acceptors (Lipinski definition) is 0. The van der Waals surface area contributed by atoms with Crippen LogP contribution in [0, 0.1) is 5.92 Å². The molecule has 1 rings (SSSR count). The lowest BCUT2D eigenvalue weighted by molar-refractivity contribution is 0.620. The topological polar surface area (TPSA) is 0 Å². The van der Waals surface area contributed by atoms with Gasteiger partial charge < -0.3 is 0 Å². The molecule has 0 aliphatic heterocycles. The first-order valence-electron chi connectivity index (χ1n) is 7.07. The van der Waals surface area contributed by atoms with Gasteiger partial charge in [-0.25, -0.2) is 0 Å². The van der Waals surface area contributed by atoms with E-state index in [1.54, 1.807) is 11.1 Å². The van der Waals surface area contributed by atoms with Crippen LogP contribution in [-0.4, -0.2) is 0 Å². The van der Waals surface area contributed by atoms with E-state index in [0.717, 1.165) is 5.92 Å². The molecule has 0 heteroatoms. The molecule has 0 nitrogen and oxygen atoms in total. The van der Waals surface area contributed by atoms with Gasteiger partial charge in [0, 0.05) is 0 Å². The van der Waals surface area contributed by atoms with E-state index in [9.17, 15) is 0 Å². The molecule has 1 atom stereocenters. The van der Waals surface area contributed by atoms with Crippen LogP contribution in [0.2, 0.25) is 0 Å². The van der Waals surface area contributed by atoms with Crippen LogP contribution >= 0.6 is 0 Å². The Balaban J connectivity index is 2.35. The van der Waals surface area contributed by atoms with Gasteiger partial charge in [0.25, 0.3) is 0 Å². The van der Waals surface area contributed by atoms with Crippen LogP contribution in [0.15, 0.2) is 34.9 Å². The maximum atomic E-state index is 2.49. The third-order valence-electron chi connectivity index (χ3n) is 3.65. The van der Waals surface area contributed by atoms with Gasteiger partial charge in [-0.1, -0.05) is 41.9 Å². The minimum Gasteiger partial charge on any atom is -0.0881 e. The van der Waals surface area contributed by atoms with Crippen LogP contribution < -0.4 is 0 Å². The van der Waals surface area contributed by atoms with Crippen molar-refractivity contribution in [2.75, 3.05) is 0 Å². The second-order valence-corrected chi connectivity index (χ2v) is 5.68. The molecule has 96 valence electrons. The summed E-state index contributed by atoms with van der Waals surface area (Å²) in [5, 5.41) is 0. The van der Waals surface area contributed by atoms with Crippen molar-refractivity contribution >= 4 is 0 Å². The van der Waals surface area contributed by atoms with Gasteiger partial charge in [-0.15, -0.1) is 0 Å². The summed E-state index contributed by atoms with van der Waals surface area (Å²) in [6, 6.07) is 0. The summed E-state index contributed by atoms with van der Waals surface area (Å²) in [5.41, 5.74) is 4.72. The van der Waals surface area contributed by atoms with Crippen LogP contribution in [0.5, 0.6) is 0 Å². The largest absolute Gasteiger partial charge is 0.0881 e. The van der Waals surface area contributed by atoms with Crippen molar-refractivity contribution in [1.82, 2.24) is 0 Å². The monoisotopic (exact) mass is 232 g/mol. The van der Waals surface area contributed by atoms with Crippen molar-refractivity contribution in [3.05, 3.63) is 34.9 Å². The molecule has 0 spiro atoms. The molecule has 17 heavy (non-hydrogen) atoms. The van der Waals surface area contributed by atoms with Gasteiger partial charge in [0.1, 0.15) is 0 Å². The molecule has 1 aliphatic carbocycles. The Labute approximate surface area is 108 Å². The fourth-order valence-electron chi connectivity index (χ4n) is 2.45. The molecular weight excluding hydrogens is 204 g/mol. The predicted molar refractivity (Wildman–Crippen MR) is 78.1 cm³/mol. The lowest BCUT2D eigenvalue weighted by Crippen LogP contribution is -1.84. The molecule has 0 N–H and O–H groups in total. The number of rotatable bonds is 5. The molecule has 0 aromatic heterocycles. The summed E-state index contributed by atoms with van der Waals surface area (Å²) in [6.45, 7) is 8.90. The van der Waals surface area contributed by atoms with Gasteiger partial charge in [0.15, 0.2) is 0 Å². The summed E-state index contributed by atoms with van der Waals surface area (Å²) >= 11 is 0. The lowest BCUT2D eigenvalue weighted by Gasteiger charge is -2.04. The Hall–Kier alpha value is -0.780. The standard InChI is InChI=1S/C17H28/c1-5-16(8-6-7-14(2)3)11-12-17-10-9-15(4)13-17/h5,7,12,15H,6,8-11,13H2,1-4H3. The van der Waals surface area contributed by atoms with Crippen molar-refractivity contribution in [2.45, 2.75) is 66.2 Å². The Morgan fingerprint density at radius 3 is 2.65 bits per heavy atom. The second-order valence-electron chi connectivity index (χ2n) is 5.68. The van der Waals surface area contributed by atoms with Crippen LogP contribution in [0.25, 0.3) is 0 Å². The van der Waals surface area contributed by atoms with E-state index in [0.29, 0.717) is 0 Å². The number of hydrogen-bond donors (Lipinski definition) is 0. The van der Waals surface area contributed by atoms with Crippen LogP contribution in [-0.2, 0) is 0 Å².